The molecule has 1 fully saturated rings. The second kappa shape index (κ2) is 16.1. The summed E-state index contributed by atoms with van der Waals surface area (Å²) in [5.41, 5.74) is 2.80. The summed E-state index contributed by atoms with van der Waals surface area (Å²) in [4.78, 5) is 11.5. The number of methoxy groups -OCH3 is 1. The fourth-order valence-corrected chi connectivity index (χ4v) is 8.66. The monoisotopic (exact) mass is 644 g/mol. The Hall–Kier alpha value is -1.22. The predicted molar refractivity (Wildman–Crippen MR) is 194 cm³/mol. The summed E-state index contributed by atoms with van der Waals surface area (Å²) in [6.45, 7) is 30.4. The highest BCUT2D eigenvalue weighted by atomic mass is 28.4. The Kier molecular flexibility index (Phi) is 14.2. The van der Waals surface area contributed by atoms with Crippen LogP contribution in [0.2, 0.25) is 36.3 Å². The van der Waals surface area contributed by atoms with Gasteiger partial charge in [0.2, 0.25) is 0 Å². The lowest BCUT2D eigenvalue weighted by atomic mass is 9.88. The van der Waals surface area contributed by atoms with Crippen LogP contribution in [-0.2, 0) is 18.4 Å². The molecule has 252 valence electrons. The van der Waals surface area contributed by atoms with Gasteiger partial charge in [0.1, 0.15) is 0 Å². The number of fused-ring (bicyclic) bond motifs is 1. The summed E-state index contributed by atoms with van der Waals surface area (Å²) in [6, 6.07) is 0. The molecule has 0 amide bonds. The normalized spacial score (nSPS) is 24.5. The van der Waals surface area contributed by atoms with Crippen molar-refractivity contribution in [3.8, 4) is 0 Å². The van der Waals surface area contributed by atoms with Crippen molar-refractivity contribution in [3.63, 3.8) is 0 Å². The molecule has 0 unspecified atom stereocenters. The standard InChI is InChI=1S/C38H68O4Si2/c1-28(2)18-17-19-29(3)24-32(41-43(11,12)37(4,5)6)22-23-33-34-26-30(20-15-16-21-36(39)40-10)25-31(34)27-35(33)42-44(13,14)38(7,8)9/h15,18,20,22-23,25,29,31-35H,16-17,19,21,24,26-27H2,1-14H3/t29-,31+,32-,33+,34+,35-/m1/s1. The number of hydrogen-bond acceptors (Lipinski definition) is 4. The van der Waals surface area contributed by atoms with E-state index in [1.54, 1.807) is 0 Å². The van der Waals surface area contributed by atoms with Gasteiger partial charge in [-0.3, -0.25) is 4.79 Å². The molecule has 44 heavy (non-hydrogen) atoms. The van der Waals surface area contributed by atoms with Gasteiger partial charge in [0, 0.05) is 12.3 Å². The van der Waals surface area contributed by atoms with Crippen molar-refractivity contribution in [3.05, 3.63) is 47.6 Å². The van der Waals surface area contributed by atoms with Crippen LogP contribution in [0, 0.1) is 23.7 Å². The third-order valence-electron chi connectivity index (χ3n) is 10.9. The quantitative estimate of drug-likeness (QED) is 0.101. The number of hydrogen-bond donors (Lipinski definition) is 0. The Morgan fingerprint density at radius 3 is 2.23 bits per heavy atom. The van der Waals surface area contributed by atoms with Gasteiger partial charge in [-0.15, -0.1) is 0 Å². The summed E-state index contributed by atoms with van der Waals surface area (Å²) in [6.07, 6.45) is 21.2. The Bertz CT molecular complexity index is 1050. The topological polar surface area (TPSA) is 44.8 Å². The average molecular weight is 645 g/mol. The van der Waals surface area contributed by atoms with E-state index < -0.39 is 16.6 Å². The Morgan fingerprint density at radius 2 is 1.66 bits per heavy atom. The maximum absolute atomic E-state index is 11.5. The minimum atomic E-state index is -1.95. The number of ether oxygens (including phenoxy) is 1. The first-order valence-electron chi connectivity index (χ1n) is 17.3. The molecule has 2 aliphatic carbocycles. The van der Waals surface area contributed by atoms with E-state index >= 15 is 0 Å². The third-order valence-corrected chi connectivity index (χ3v) is 19.9. The largest absolute Gasteiger partial charge is 0.469 e. The van der Waals surface area contributed by atoms with Crippen LogP contribution in [0.25, 0.3) is 0 Å². The molecular formula is C38H68O4Si2. The number of esters is 1. The highest BCUT2D eigenvalue weighted by Crippen LogP contribution is 2.51. The molecule has 6 atom stereocenters. The third kappa shape index (κ3) is 11.5. The van der Waals surface area contributed by atoms with Crippen molar-refractivity contribution in [2.24, 2.45) is 23.7 Å². The van der Waals surface area contributed by atoms with Gasteiger partial charge in [-0.2, -0.15) is 0 Å². The Balaban J connectivity index is 2.34. The van der Waals surface area contributed by atoms with E-state index in [1.807, 2.05) is 0 Å². The van der Waals surface area contributed by atoms with E-state index in [9.17, 15) is 4.79 Å². The SMILES string of the molecule is COC(=O)CCC=CC1=C[C@H]2C[C@@H](O[Si](C)(C)C(C)(C)C)[C@@H](C=C[C@H](C[C@H](C)CCC=C(C)C)O[Si](C)(C)C(C)(C)C)[C@H]2C1. The molecule has 1 saturated carbocycles. The molecule has 0 N–H and O–H groups in total. The minimum Gasteiger partial charge on any atom is -0.469 e. The van der Waals surface area contributed by atoms with Crippen LogP contribution in [0.3, 0.4) is 0 Å². The molecule has 0 heterocycles. The zero-order chi connectivity index (χ0) is 33.5. The maximum Gasteiger partial charge on any atom is 0.305 e. The smallest absolute Gasteiger partial charge is 0.305 e. The zero-order valence-electron chi connectivity index (χ0n) is 31.0. The molecule has 0 aliphatic heterocycles. The first-order valence-corrected chi connectivity index (χ1v) is 23.1. The van der Waals surface area contributed by atoms with Gasteiger partial charge in [-0.25, -0.2) is 0 Å². The second-order valence-corrected chi connectivity index (χ2v) is 26.5. The van der Waals surface area contributed by atoms with Gasteiger partial charge >= 0.3 is 5.97 Å². The maximum atomic E-state index is 11.5. The van der Waals surface area contributed by atoms with Crippen LogP contribution in [0.5, 0.6) is 0 Å². The average Bonchev–Trinajstić information content (AvgIpc) is 3.39. The van der Waals surface area contributed by atoms with Crippen molar-refractivity contribution < 1.29 is 18.4 Å². The summed E-state index contributed by atoms with van der Waals surface area (Å²) >= 11 is 0. The van der Waals surface area contributed by atoms with Crippen LogP contribution < -0.4 is 0 Å². The Labute approximate surface area is 274 Å². The summed E-state index contributed by atoms with van der Waals surface area (Å²) in [5, 5.41) is 0.346. The molecule has 0 bridgehead atoms. The molecule has 0 aromatic heterocycles. The molecule has 0 radical (unpaired) electrons. The van der Waals surface area contributed by atoms with Crippen LogP contribution >= 0.6 is 0 Å². The van der Waals surface area contributed by atoms with Gasteiger partial charge in [0.25, 0.3) is 0 Å². The van der Waals surface area contributed by atoms with E-state index in [4.69, 9.17) is 13.6 Å². The molecule has 4 nitrogen and oxygen atoms in total. The summed E-state index contributed by atoms with van der Waals surface area (Å²) in [7, 11) is -2.42. The molecule has 0 aromatic rings. The molecule has 6 heteroatoms. The summed E-state index contributed by atoms with van der Waals surface area (Å²) < 4.78 is 19.1. The van der Waals surface area contributed by atoms with Crippen molar-refractivity contribution in [2.45, 2.75) is 156 Å². The van der Waals surface area contributed by atoms with Gasteiger partial charge < -0.3 is 13.6 Å². The van der Waals surface area contributed by atoms with Gasteiger partial charge in [-0.1, -0.05) is 96.1 Å². The molecule has 0 saturated heterocycles. The fourth-order valence-electron chi connectivity index (χ4n) is 6.01. The van der Waals surface area contributed by atoms with Crippen LogP contribution in [0.15, 0.2) is 47.6 Å². The van der Waals surface area contributed by atoms with E-state index in [0.29, 0.717) is 30.1 Å². The highest BCUT2D eigenvalue weighted by molar-refractivity contribution is 6.74. The second-order valence-electron chi connectivity index (χ2n) is 17.0. The van der Waals surface area contributed by atoms with E-state index in [0.717, 1.165) is 32.1 Å². The van der Waals surface area contributed by atoms with Crippen LogP contribution in [0.4, 0.5) is 0 Å². The summed E-state index contributed by atoms with van der Waals surface area (Å²) in [5.74, 6) is 1.89. The van der Waals surface area contributed by atoms with Crippen molar-refractivity contribution in [2.75, 3.05) is 7.11 Å². The fraction of sp³-hybridized carbons (Fsp3) is 0.763. The predicted octanol–water partition coefficient (Wildman–Crippen LogP) is 11.2. The molecule has 2 rings (SSSR count). The molecule has 0 spiro atoms. The first kappa shape index (κ1) is 39.0. The van der Waals surface area contributed by atoms with E-state index in [1.165, 1.54) is 24.7 Å². The van der Waals surface area contributed by atoms with Crippen LogP contribution in [0.1, 0.15) is 107 Å². The number of carbonyl (C=O) groups excluding carboxylic acids is 1. The lowest BCUT2D eigenvalue weighted by molar-refractivity contribution is -0.140. The van der Waals surface area contributed by atoms with Gasteiger partial charge in [-0.05, 0) is 106 Å². The zero-order valence-corrected chi connectivity index (χ0v) is 33.0. The van der Waals surface area contributed by atoms with Crippen molar-refractivity contribution in [1.29, 1.82) is 0 Å². The lowest BCUT2D eigenvalue weighted by Crippen LogP contribution is -2.45. The Morgan fingerprint density at radius 1 is 1.02 bits per heavy atom. The van der Waals surface area contributed by atoms with Crippen molar-refractivity contribution in [1.82, 2.24) is 0 Å². The van der Waals surface area contributed by atoms with E-state index in [-0.39, 0.29) is 28.3 Å². The van der Waals surface area contributed by atoms with Gasteiger partial charge in [0.15, 0.2) is 16.6 Å². The molecular weight excluding hydrogens is 577 g/mol. The number of allylic oxidation sites excluding steroid dienone is 6. The highest BCUT2D eigenvalue weighted by Gasteiger charge is 2.48. The van der Waals surface area contributed by atoms with Crippen LogP contribution in [-0.4, -0.2) is 41.9 Å². The van der Waals surface area contributed by atoms with E-state index in [2.05, 4.69) is 125 Å². The lowest BCUT2D eigenvalue weighted by Gasteiger charge is -2.40. The number of rotatable bonds is 15. The molecule has 0 aromatic carbocycles. The minimum absolute atomic E-state index is 0.122. The number of carbonyl (C=O) groups is 1. The molecule has 2 aliphatic rings. The first-order chi connectivity index (χ1) is 20.2. The van der Waals surface area contributed by atoms with Gasteiger partial charge in [0.05, 0.1) is 19.3 Å². The van der Waals surface area contributed by atoms with Crippen molar-refractivity contribution >= 4 is 22.6 Å².